The number of furan rings is 1. The van der Waals surface area contributed by atoms with E-state index in [0.717, 1.165) is 38.3 Å². The molecule has 0 saturated carbocycles. The fourth-order valence-electron chi connectivity index (χ4n) is 3.58. The third kappa shape index (κ3) is 2.65. The summed E-state index contributed by atoms with van der Waals surface area (Å²) < 4.78 is 5.73. The standard InChI is InChI=1S/C23H17N3O2/c1-14-19(17-8-4-5-9-20(17)25-14)13-24-26-23(27)22-12-18-16-7-3-2-6-15(16)10-11-21(18)28-22/h2-13,25H,1H3,(H,26,27)/b24-13+. The van der Waals surface area contributed by atoms with Crippen molar-refractivity contribution >= 4 is 44.8 Å². The third-order valence-corrected chi connectivity index (χ3v) is 4.95. The molecule has 0 unspecified atom stereocenters. The van der Waals surface area contributed by atoms with Gasteiger partial charge in [0.1, 0.15) is 5.58 Å². The zero-order valence-corrected chi connectivity index (χ0v) is 15.2. The smallest absolute Gasteiger partial charge is 0.307 e. The Morgan fingerprint density at radius 3 is 2.68 bits per heavy atom. The van der Waals surface area contributed by atoms with Gasteiger partial charge in [0, 0.05) is 27.5 Å². The highest BCUT2D eigenvalue weighted by Crippen LogP contribution is 2.28. The summed E-state index contributed by atoms with van der Waals surface area (Å²) in [5.74, 6) is -0.145. The highest BCUT2D eigenvalue weighted by molar-refractivity contribution is 6.08. The number of aromatic nitrogens is 1. The van der Waals surface area contributed by atoms with Crippen LogP contribution in [0, 0.1) is 6.92 Å². The van der Waals surface area contributed by atoms with E-state index in [-0.39, 0.29) is 11.7 Å². The summed E-state index contributed by atoms with van der Waals surface area (Å²) in [5.41, 5.74) is 6.23. The number of hydrazone groups is 1. The van der Waals surface area contributed by atoms with E-state index < -0.39 is 0 Å². The van der Waals surface area contributed by atoms with E-state index in [2.05, 4.69) is 15.5 Å². The normalized spacial score (nSPS) is 11.8. The average molecular weight is 367 g/mol. The first-order valence-corrected chi connectivity index (χ1v) is 9.03. The summed E-state index contributed by atoms with van der Waals surface area (Å²) in [7, 11) is 0. The largest absolute Gasteiger partial charge is 0.451 e. The van der Waals surface area contributed by atoms with Gasteiger partial charge in [-0.2, -0.15) is 5.10 Å². The van der Waals surface area contributed by atoms with E-state index >= 15 is 0 Å². The van der Waals surface area contributed by atoms with Crippen molar-refractivity contribution in [1.29, 1.82) is 0 Å². The Bertz CT molecular complexity index is 1370. The number of H-pyrrole nitrogens is 1. The molecule has 0 radical (unpaired) electrons. The van der Waals surface area contributed by atoms with Crippen LogP contribution in [0.5, 0.6) is 0 Å². The molecule has 28 heavy (non-hydrogen) atoms. The van der Waals surface area contributed by atoms with Gasteiger partial charge in [-0.25, -0.2) is 5.43 Å². The number of para-hydroxylation sites is 1. The number of nitrogens with zero attached hydrogens (tertiary/aromatic N) is 1. The van der Waals surface area contributed by atoms with Gasteiger partial charge in [-0.05, 0) is 35.9 Å². The molecular formula is C23H17N3O2. The lowest BCUT2D eigenvalue weighted by molar-refractivity contribution is 0.0929. The van der Waals surface area contributed by atoms with Crippen molar-refractivity contribution < 1.29 is 9.21 Å². The van der Waals surface area contributed by atoms with Crippen LogP contribution < -0.4 is 5.43 Å². The summed E-state index contributed by atoms with van der Waals surface area (Å²) in [6.45, 7) is 1.98. The van der Waals surface area contributed by atoms with Crippen molar-refractivity contribution in [2.45, 2.75) is 6.92 Å². The topological polar surface area (TPSA) is 70.4 Å². The monoisotopic (exact) mass is 367 g/mol. The lowest BCUT2D eigenvalue weighted by Gasteiger charge is -1.96. The number of amides is 1. The number of aryl methyl sites for hydroxylation is 1. The molecule has 1 amide bonds. The number of nitrogens with one attached hydrogen (secondary N) is 2. The van der Waals surface area contributed by atoms with Crippen LogP contribution in [-0.2, 0) is 0 Å². The molecular weight excluding hydrogens is 350 g/mol. The summed E-state index contributed by atoms with van der Waals surface area (Å²) in [6, 6.07) is 21.6. The maximum atomic E-state index is 12.5. The van der Waals surface area contributed by atoms with Crippen molar-refractivity contribution in [3.8, 4) is 0 Å². The highest BCUT2D eigenvalue weighted by atomic mass is 16.3. The first-order valence-electron chi connectivity index (χ1n) is 9.03. The fourth-order valence-corrected chi connectivity index (χ4v) is 3.58. The van der Waals surface area contributed by atoms with Crippen LogP contribution in [0.1, 0.15) is 21.8 Å². The summed E-state index contributed by atoms with van der Waals surface area (Å²) in [6.07, 6.45) is 1.66. The Morgan fingerprint density at radius 1 is 1.00 bits per heavy atom. The lowest BCUT2D eigenvalue weighted by Crippen LogP contribution is -2.16. The predicted molar refractivity (Wildman–Crippen MR) is 112 cm³/mol. The van der Waals surface area contributed by atoms with E-state index in [9.17, 15) is 4.79 Å². The summed E-state index contributed by atoms with van der Waals surface area (Å²) in [5, 5.41) is 8.27. The van der Waals surface area contributed by atoms with Gasteiger partial charge in [0.2, 0.25) is 0 Å². The third-order valence-electron chi connectivity index (χ3n) is 4.95. The van der Waals surface area contributed by atoms with Gasteiger partial charge in [-0.1, -0.05) is 48.5 Å². The minimum absolute atomic E-state index is 0.235. The molecule has 5 rings (SSSR count). The van der Waals surface area contributed by atoms with Gasteiger partial charge in [-0.3, -0.25) is 4.79 Å². The molecule has 0 spiro atoms. The molecule has 5 heteroatoms. The number of aromatic amines is 1. The van der Waals surface area contributed by atoms with Crippen molar-refractivity contribution in [3.63, 3.8) is 0 Å². The molecule has 0 fully saturated rings. The molecule has 0 aliphatic heterocycles. The molecule has 0 aliphatic carbocycles. The van der Waals surface area contributed by atoms with Crippen LogP contribution in [-0.4, -0.2) is 17.1 Å². The molecule has 2 N–H and O–H groups in total. The number of rotatable bonds is 3. The van der Waals surface area contributed by atoms with Gasteiger partial charge >= 0.3 is 5.91 Å². The molecule has 136 valence electrons. The van der Waals surface area contributed by atoms with Gasteiger partial charge in [0.25, 0.3) is 0 Å². The Labute approximate surface area is 160 Å². The van der Waals surface area contributed by atoms with Crippen molar-refractivity contribution in [2.24, 2.45) is 5.10 Å². The first kappa shape index (κ1) is 16.3. The highest BCUT2D eigenvalue weighted by Gasteiger charge is 2.13. The Balaban J connectivity index is 1.43. The van der Waals surface area contributed by atoms with Crippen molar-refractivity contribution in [1.82, 2.24) is 10.4 Å². The number of carbonyl (C=O) groups is 1. The predicted octanol–water partition coefficient (Wildman–Crippen LogP) is 5.14. The van der Waals surface area contributed by atoms with E-state index in [1.165, 1.54) is 0 Å². The van der Waals surface area contributed by atoms with E-state index in [1.807, 2.05) is 67.6 Å². The average Bonchev–Trinajstić information content (AvgIpc) is 3.29. The van der Waals surface area contributed by atoms with Crippen LogP contribution in [0.25, 0.3) is 32.6 Å². The lowest BCUT2D eigenvalue weighted by atomic mass is 10.1. The zero-order chi connectivity index (χ0) is 19.1. The number of hydrogen-bond donors (Lipinski definition) is 2. The molecule has 0 saturated heterocycles. The Hall–Kier alpha value is -3.86. The second-order valence-electron chi connectivity index (χ2n) is 6.72. The number of fused-ring (bicyclic) bond motifs is 4. The van der Waals surface area contributed by atoms with Crippen LogP contribution in [0.2, 0.25) is 0 Å². The second-order valence-corrected chi connectivity index (χ2v) is 6.72. The molecule has 3 aromatic carbocycles. The molecule has 2 heterocycles. The van der Waals surface area contributed by atoms with Gasteiger partial charge in [-0.15, -0.1) is 0 Å². The van der Waals surface area contributed by atoms with Gasteiger partial charge in [0.15, 0.2) is 5.76 Å². The maximum absolute atomic E-state index is 12.5. The van der Waals surface area contributed by atoms with Crippen LogP contribution in [0.3, 0.4) is 0 Å². The molecule has 2 aromatic heterocycles. The van der Waals surface area contributed by atoms with Crippen molar-refractivity contribution in [2.75, 3.05) is 0 Å². The quantitative estimate of drug-likeness (QED) is 0.342. The minimum atomic E-state index is -0.381. The van der Waals surface area contributed by atoms with Crippen LogP contribution in [0.4, 0.5) is 0 Å². The number of benzene rings is 3. The summed E-state index contributed by atoms with van der Waals surface area (Å²) >= 11 is 0. The second kappa shape index (κ2) is 6.39. The Kier molecular flexibility index (Phi) is 3.72. The minimum Gasteiger partial charge on any atom is -0.451 e. The van der Waals surface area contributed by atoms with E-state index in [4.69, 9.17) is 4.42 Å². The van der Waals surface area contributed by atoms with Gasteiger partial charge < -0.3 is 9.40 Å². The first-order chi connectivity index (χ1) is 13.7. The molecule has 5 nitrogen and oxygen atoms in total. The molecule has 5 aromatic rings. The summed E-state index contributed by atoms with van der Waals surface area (Å²) in [4.78, 5) is 15.8. The Morgan fingerprint density at radius 2 is 1.79 bits per heavy atom. The SMILES string of the molecule is Cc1[nH]c2ccccc2c1/C=N/NC(=O)c1cc2c(ccc3ccccc32)o1. The van der Waals surface area contributed by atoms with Gasteiger partial charge in [0.05, 0.1) is 6.21 Å². The maximum Gasteiger partial charge on any atom is 0.307 e. The van der Waals surface area contributed by atoms with E-state index in [0.29, 0.717) is 5.58 Å². The fraction of sp³-hybridized carbons (Fsp3) is 0.0435. The zero-order valence-electron chi connectivity index (χ0n) is 15.2. The van der Waals surface area contributed by atoms with Crippen LogP contribution in [0.15, 0.2) is 76.2 Å². The van der Waals surface area contributed by atoms with Crippen molar-refractivity contribution in [3.05, 3.63) is 83.7 Å². The number of carbonyl (C=O) groups excluding carboxylic acids is 1. The molecule has 0 atom stereocenters. The van der Waals surface area contributed by atoms with Crippen LogP contribution >= 0.6 is 0 Å². The number of hydrogen-bond acceptors (Lipinski definition) is 3. The molecule has 0 bridgehead atoms. The van der Waals surface area contributed by atoms with E-state index in [1.54, 1.807) is 12.3 Å². The molecule has 0 aliphatic rings.